The second kappa shape index (κ2) is 6.50. The number of ether oxygens (including phenoxy) is 1. The monoisotopic (exact) mass is 255 g/mol. The van der Waals surface area contributed by atoms with Crippen LogP contribution in [0.3, 0.4) is 0 Å². The number of nitrogens with two attached hydrogens (primary N) is 1. The zero-order valence-corrected chi connectivity index (χ0v) is 11.2. The van der Waals surface area contributed by atoms with E-state index in [9.17, 15) is 4.79 Å². The Morgan fingerprint density at radius 3 is 2.89 bits per heavy atom. The number of morpholine rings is 1. The van der Waals surface area contributed by atoms with Crippen molar-refractivity contribution in [3.63, 3.8) is 0 Å². The quantitative estimate of drug-likeness (QED) is 0.747. The van der Waals surface area contributed by atoms with E-state index in [1.165, 1.54) is 12.8 Å². The highest BCUT2D eigenvalue weighted by Crippen LogP contribution is 2.18. The van der Waals surface area contributed by atoms with Gasteiger partial charge in [-0.15, -0.1) is 0 Å². The van der Waals surface area contributed by atoms with Crippen LogP contribution in [0.25, 0.3) is 0 Å². The summed E-state index contributed by atoms with van der Waals surface area (Å²) in [6.45, 7) is 4.74. The van der Waals surface area contributed by atoms with E-state index < -0.39 is 0 Å². The molecule has 0 aromatic carbocycles. The van der Waals surface area contributed by atoms with Gasteiger partial charge in [-0.25, -0.2) is 0 Å². The van der Waals surface area contributed by atoms with Gasteiger partial charge in [0.15, 0.2) is 0 Å². The molecule has 5 nitrogen and oxygen atoms in total. The molecule has 0 bridgehead atoms. The fraction of sp³-hybridized carbons (Fsp3) is 0.923. The number of carbonyl (C=O) groups excluding carboxylic acids is 1. The molecule has 3 N–H and O–H groups in total. The van der Waals surface area contributed by atoms with Gasteiger partial charge in [0.1, 0.15) is 0 Å². The summed E-state index contributed by atoms with van der Waals surface area (Å²) in [5.41, 5.74) is 5.62. The lowest BCUT2D eigenvalue weighted by Crippen LogP contribution is -2.54. The Bertz CT molecular complexity index is 279. The second-order valence-electron chi connectivity index (χ2n) is 5.39. The van der Waals surface area contributed by atoms with E-state index >= 15 is 0 Å². The Labute approximate surface area is 109 Å². The third kappa shape index (κ3) is 3.43. The predicted octanol–water partition coefficient (Wildman–Crippen LogP) is 0.0932. The minimum absolute atomic E-state index is 0.0699. The fourth-order valence-corrected chi connectivity index (χ4v) is 2.79. The van der Waals surface area contributed by atoms with E-state index in [4.69, 9.17) is 10.5 Å². The summed E-state index contributed by atoms with van der Waals surface area (Å²) in [4.78, 5) is 14.3. The first-order valence-corrected chi connectivity index (χ1v) is 7.07. The maximum Gasteiger partial charge on any atom is 0.237 e. The topological polar surface area (TPSA) is 67.6 Å². The van der Waals surface area contributed by atoms with Gasteiger partial charge in [0.05, 0.1) is 18.8 Å². The van der Waals surface area contributed by atoms with Gasteiger partial charge >= 0.3 is 0 Å². The van der Waals surface area contributed by atoms with Gasteiger partial charge in [-0.2, -0.15) is 0 Å². The van der Waals surface area contributed by atoms with Crippen LogP contribution < -0.4 is 11.1 Å². The third-order valence-electron chi connectivity index (χ3n) is 4.06. The van der Waals surface area contributed by atoms with E-state index in [2.05, 4.69) is 10.2 Å². The minimum Gasteiger partial charge on any atom is -0.374 e. The SMILES string of the molecule is CC(C(=O)NC1CCCC1)N1CCOC(CN)C1. The molecule has 2 fully saturated rings. The van der Waals surface area contributed by atoms with Crippen molar-refractivity contribution in [1.29, 1.82) is 0 Å². The Morgan fingerprint density at radius 1 is 1.50 bits per heavy atom. The Hall–Kier alpha value is -0.650. The van der Waals surface area contributed by atoms with Gasteiger partial charge in [-0.3, -0.25) is 9.69 Å². The van der Waals surface area contributed by atoms with Crippen LogP contribution in [0, 0.1) is 0 Å². The van der Waals surface area contributed by atoms with Crippen molar-refractivity contribution in [2.45, 2.75) is 50.8 Å². The van der Waals surface area contributed by atoms with Gasteiger partial charge in [-0.1, -0.05) is 12.8 Å². The first kappa shape index (κ1) is 13.8. The smallest absolute Gasteiger partial charge is 0.237 e. The number of hydrogen-bond acceptors (Lipinski definition) is 4. The molecule has 0 aromatic rings. The molecule has 0 spiro atoms. The molecule has 2 rings (SSSR count). The van der Waals surface area contributed by atoms with Crippen molar-refractivity contribution in [2.24, 2.45) is 5.73 Å². The number of nitrogens with zero attached hydrogens (tertiary/aromatic N) is 1. The lowest BCUT2D eigenvalue weighted by molar-refractivity contribution is -0.129. The molecule has 18 heavy (non-hydrogen) atoms. The Kier molecular flexibility index (Phi) is 4.97. The fourth-order valence-electron chi connectivity index (χ4n) is 2.79. The summed E-state index contributed by atoms with van der Waals surface area (Å²) in [6, 6.07) is 0.315. The summed E-state index contributed by atoms with van der Waals surface area (Å²) in [7, 11) is 0. The molecule has 1 amide bonds. The zero-order valence-electron chi connectivity index (χ0n) is 11.2. The lowest BCUT2D eigenvalue weighted by atomic mass is 10.1. The number of rotatable bonds is 4. The molecule has 5 heteroatoms. The van der Waals surface area contributed by atoms with Crippen LogP contribution >= 0.6 is 0 Å². The van der Waals surface area contributed by atoms with E-state index in [1.54, 1.807) is 0 Å². The summed E-state index contributed by atoms with van der Waals surface area (Å²) >= 11 is 0. The van der Waals surface area contributed by atoms with Crippen LogP contribution in [-0.4, -0.2) is 55.2 Å². The van der Waals surface area contributed by atoms with E-state index in [-0.39, 0.29) is 18.1 Å². The van der Waals surface area contributed by atoms with Crippen LogP contribution in [0.15, 0.2) is 0 Å². The first-order chi connectivity index (χ1) is 8.70. The summed E-state index contributed by atoms with van der Waals surface area (Å²) in [5, 5.41) is 3.16. The van der Waals surface area contributed by atoms with Gasteiger partial charge in [0, 0.05) is 25.7 Å². The highest BCUT2D eigenvalue weighted by molar-refractivity contribution is 5.81. The van der Waals surface area contributed by atoms with Crippen LogP contribution in [0.4, 0.5) is 0 Å². The summed E-state index contributed by atoms with van der Waals surface area (Å²) in [6.07, 6.45) is 4.82. The van der Waals surface area contributed by atoms with Crippen molar-refractivity contribution < 1.29 is 9.53 Å². The van der Waals surface area contributed by atoms with E-state index in [0.717, 1.165) is 25.9 Å². The van der Waals surface area contributed by atoms with Gasteiger partial charge in [0.2, 0.25) is 5.91 Å². The van der Waals surface area contributed by atoms with E-state index in [1.807, 2.05) is 6.92 Å². The number of carbonyl (C=O) groups is 1. The molecule has 104 valence electrons. The molecular formula is C13H25N3O2. The molecule has 0 radical (unpaired) electrons. The number of nitrogens with one attached hydrogen (secondary N) is 1. The highest BCUT2D eigenvalue weighted by atomic mass is 16.5. The van der Waals surface area contributed by atoms with Gasteiger partial charge in [-0.05, 0) is 19.8 Å². The van der Waals surface area contributed by atoms with Crippen molar-refractivity contribution in [3.05, 3.63) is 0 Å². The molecule has 0 aromatic heterocycles. The lowest BCUT2D eigenvalue weighted by Gasteiger charge is -2.36. The third-order valence-corrected chi connectivity index (χ3v) is 4.06. The van der Waals surface area contributed by atoms with Crippen molar-refractivity contribution in [3.8, 4) is 0 Å². The average molecular weight is 255 g/mol. The highest BCUT2D eigenvalue weighted by Gasteiger charge is 2.28. The number of amides is 1. The molecule has 1 saturated carbocycles. The second-order valence-corrected chi connectivity index (χ2v) is 5.39. The van der Waals surface area contributed by atoms with Gasteiger partial charge in [0.25, 0.3) is 0 Å². The van der Waals surface area contributed by atoms with E-state index in [0.29, 0.717) is 19.2 Å². The maximum absolute atomic E-state index is 12.2. The largest absolute Gasteiger partial charge is 0.374 e. The minimum atomic E-state index is -0.0800. The molecule has 2 atom stereocenters. The summed E-state index contributed by atoms with van der Waals surface area (Å²) in [5.74, 6) is 0.152. The van der Waals surface area contributed by atoms with Crippen LogP contribution in [0.1, 0.15) is 32.6 Å². The Balaban J connectivity index is 1.81. The van der Waals surface area contributed by atoms with Crippen molar-refractivity contribution >= 4 is 5.91 Å². The molecule has 1 saturated heterocycles. The standard InChI is InChI=1S/C13H25N3O2/c1-10(13(17)15-11-4-2-3-5-11)16-6-7-18-12(8-14)9-16/h10-12H,2-9,14H2,1H3,(H,15,17). The molecule has 1 aliphatic heterocycles. The zero-order chi connectivity index (χ0) is 13.0. The average Bonchev–Trinajstić information content (AvgIpc) is 2.90. The molecule has 2 aliphatic rings. The van der Waals surface area contributed by atoms with Gasteiger partial charge < -0.3 is 15.8 Å². The molecule has 1 aliphatic carbocycles. The number of hydrogen-bond donors (Lipinski definition) is 2. The molecule has 1 heterocycles. The predicted molar refractivity (Wildman–Crippen MR) is 70.2 cm³/mol. The van der Waals surface area contributed by atoms with Crippen LogP contribution in [-0.2, 0) is 9.53 Å². The van der Waals surface area contributed by atoms with Crippen molar-refractivity contribution in [2.75, 3.05) is 26.2 Å². The van der Waals surface area contributed by atoms with Crippen LogP contribution in [0.2, 0.25) is 0 Å². The summed E-state index contributed by atoms with van der Waals surface area (Å²) < 4.78 is 5.52. The van der Waals surface area contributed by atoms with Crippen LogP contribution in [0.5, 0.6) is 0 Å². The normalized spacial score (nSPS) is 28.2. The molecule has 2 unspecified atom stereocenters. The maximum atomic E-state index is 12.2. The van der Waals surface area contributed by atoms with Crippen molar-refractivity contribution in [1.82, 2.24) is 10.2 Å². The molecular weight excluding hydrogens is 230 g/mol. The Morgan fingerprint density at radius 2 is 2.22 bits per heavy atom. The first-order valence-electron chi connectivity index (χ1n) is 7.07.